The topological polar surface area (TPSA) is 24.5 Å². The van der Waals surface area contributed by atoms with Crippen LogP contribution in [-0.4, -0.2) is 50.3 Å². The van der Waals surface area contributed by atoms with Gasteiger partial charge in [0, 0.05) is 32.3 Å². The molecule has 2 rings (SSSR count). The van der Waals surface area contributed by atoms with Crippen molar-refractivity contribution >= 4 is 0 Å². The Morgan fingerprint density at radius 1 is 1.38 bits per heavy atom. The average molecular weight is 226 g/mol. The quantitative estimate of drug-likeness (QED) is 0.768. The van der Waals surface area contributed by atoms with E-state index in [-0.39, 0.29) is 0 Å². The molecule has 16 heavy (non-hydrogen) atoms. The predicted octanol–water partition coefficient (Wildman–Crippen LogP) is 1.49. The zero-order chi connectivity index (χ0) is 11.4. The van der Waals surface area contributed by atoms with Crippen LogP contribution in [0.1, 0.15) is 32.6 Å². The molecule has 3 unspecified atom stereocenters. The van der Waals surface area contributed by atoms with Gasteiger partial charge in [0.15, 0.2) is 0 Å². The maximum Gasteiger partial charge on any atom is 0.0500 e. The first-order valence-electron chi connectivity index (χ1n) is 6.77. The molecule has 2 aliphatic heterocycles. The van der Waals surface area contributed by atoms with Gasteiger partial charge in [0.2, 0.25) is 0 Å². The Kier molecular flexibility index (Phi) is 4.62. The van der Waals surface area contributed by atoms with Crippen molar-refractivity contribution in [2.45, 2.75) is 44.7 Å². The summed E-state index contributed by atoms with van der Waals surface area (Å²) in [5, 5.41) is 3.66. The summed E-state index contributed by atoms with van der Waals surface area (Å²) < 4.78 is 5.23. The Morgan fingerprint density at radius 2 is 2.25 bits per heavy atom. The van der Waals surface area contributed by atoms with Crippen molar-refractivity contribution in [3.63, 3.8) is 0 Å². The van der Waals surface area contributed by atoms with Crippen LogP contribution in [-0.2, 0) is 4.74 Å². The predicted molar refractivity (Wildman–Crippen MR) is 66.7 cm³/mol. The first-order valence-corrected chi connectivity index (χ1v) is 6.77. The number of methoxy groups -OCH3 is 1. The number of rotatable bonds is 5. The van der Waals surface area contributed by atoms with Crippen LogP contribution in [0.2, 0.25) is 0 Å². The second kappa shape index (κ2) is 5.99. The number of hydrogen-bond donors (Lipinski definition) is 1. The number of hydrogen-bond acceptors (Lipinski definition) is 3. The second-order valence-corrected chi connectivity index (χ2v) is 5.47. The highest BCUT2D eigenvalue weighted by atomic mass is 16.5. The smallest absolute Gasteiger partial charge is 0.0500 e. The summed E-state index contributed by atoms with van der Waals surface area (Å²) in [6.45, 7) is 6.90. The molecular weight excluding hydrogens is 200 g/mol. The monoisotopic (exact) mass is 226 g/mol. The maximum atomic E-state index is 5.23. The van der Waals surface area contributed by atoms with Crippen molar-refractivity contribution in [3.8, 4) is 0 Å². The van der Waals surface area contributed by atoms with Gasteiger partial charge < -0.3 is 10.1 Å². The molecule has 3 atom stereocenters. The summed E-state index contributed by atoms with van der Waals surface area (Å²) in [5.41, 5.74) is 0. The third kappa shape index (κ3) is 2.96. The second-order valence-electron chi connectivity index (χ2n) is 5.47. The van der Waals surface area contributed by atoms with E-state index in [1.165, 1.54) is 45.3 Å². The first kappa shape index (κ1) is 12.3. The van der Waals surface area contributed by atoms with Crippen LogP contribution in [0.3, 0.4) is 0 Å². The molecule has 94 valence electrons. The van der Waals surface area contributed by atoms with Gasteiger partial charge in [0.1, 0.15) is 0 Å². The van der Waals surface area contributed by atoms with E-state index in [9.17, 15) is 0 Å². The summed E-state index contributed by atoms with van der Waals surface area (Å²) in [6, 6.07) is 1.55. The lowest BCUT2D eigenvalue weighted by atomic mass is 10.0. The van der Waals surface area contributed by atoms with Gasteiger partial charge >= 0.3 is 0 Å². The summed E-state index contributed by atoms with van der Waals surface area (Å²) in [4.78, 5) is 2.69. The van der Waals surface area contributed by atoms with Gasteiger partial charge in [-0.15, -0.1) is 0 Å². The summed E-state index contributed by atoms with van der Waals surface area (Å²) in [7, 11) is 1.80. The number of nitrogens with one attached hydrogen (secondary N) is 1. The van der Waals surface area contributed by atoms with Crippen LogP contribution >= 0.6 is 0 Å². The fraction of sp³-hybridized carbons (Fsp3) is 1.00. The number of ether oxygens (including phenoxy) is 1. The Bertz CT molecular complexity index is 204. The molecule has 0 aromatic heterocycles. The van der Waals surface area contributed by atoms with Crippen LogP contribution in [0.15, 0.2) is 0 Å². The molecule has 2 heterocycles. The summed E-state index contributed by atoms with van der Waals surface area (Å²) >= 11 is 0. The van der Waals surface area contributed by atoms with E-state index in [0.29, 0.717) is 5.92 Å². The lowest BCUT2D eigenvalue weighted by Gasteiger charge is -2.31. The van der Waals surface area contributed by atoms with Gasteiger partial charge in [-0.3, -0.25) is 4.90 Å². The van der Waals surface area contributed by atoms with E-state index in [4.69, 9.17) is 4.74 Å². The van der Waals surface area contributed by atoms with E-state index < -0.39 is 0 Å². The first-order chi connectivity index (χ1) is 7.81. The highest BCUT2D eigenvalue weighted by molar-refractivity contribution is 4.92. The van der Waals surface area contributed by atoms with Crippen molar-refractivity contribution in [1.29, 1.82) is 0 Å². The van der Waals surface area contributed by atoms with Gasteiger partial charge in [-0.05, 0) is 44.7 Å². The van der Waals surface area contributed by atoms with E-state index >= 15 is 0 Å². The van der Waals surface area contributed by atoms with Gasteiger partial charge in [0.25, 0.3) is 0 Å². The summed E-state index contributed by atoms with van der Waals surface area (Å²) in [6.07, 6.45) is 5.50. The van der Waals surface area contributed by atoms with Crippen molar-refractivity contribution < 1.29 is 4.74 Å². The Labute approximate surface area is 99.5 Å². The molecule has 0 saturated carbocycles. The van der Waals surface area contributed by atoms with Crippen LogP contribution in [0.25, 0.3) is 0 Å². The molecule has 0 aliphatic carbocycles. The van der Waals surface area contributed by atoms with E-state index in [0.717, 1.165) is 18.7 Å². The van der Waals surface area contributed by atoms with Crippen LogP contribution in [0, 0.1) is 5.92 Å². The van der Waals surface area contributed by atoms with Crippen LogP contribution in [0.5, 0.6) is 0 Å². The fourth-order valence-corrected chi connectivity index (χ4v) is 3.31. The largest absolute Gasteiger partial charge is 0.384 e. The highest BCUT2D eigenvalue weighted by Crippen LogP contribution is 2.25. The van der Waals surface area contributed by atoms with Crippen molar-refractivity contribution in [2.75, 3.05) is 33.4 Å². The molecular formula is C13H26N2O. The molecule has 0 amide bonds. The highest BCUT2D eigenvalue weighted by Gasteiger charge is 2.33. The molecule has 0 bridgehead atoms. The normalized spacial score (nSPS) is 33.4. The average Bonchev–Trinajstić information content (AvgIpc) is 2.86. The summed E-state index contributed by atoms with van der Waals surface area (Å²) in [5.74, 6) is 0.659. The molecule has 1 N–H and O–H groups in total. The lowest BCUT2D eigenvalue weighted by Crippen LogP contribution is -2.45. The SMILES string of the molecule is COCC(C)CN1CCCC1C1CCCN1. The maximum absolute atomic E-state index is 5.23. The van der Waals surface area contributed by atoms with Crippen molar-refractivity contribution in [1.82, 2.24) is 10.2 Å². The molecule has 0 aromatic carbocycles. The number of likely N-dealkylation sites (tertiary alicyclic amines) is 1. The van der Waals surface area contributed by atoms with E-state index in [1.54, 1.807) is 7.11 Å². The van der Waals surface area contributed by atoms with Crippen molar-refractivity contribution in [3.05, 3.63) is 0 Å². The minimum absolute atomic E-state index is 0.659. The Hall–Kier alpha value is -0.120. The molecule has 2 aliphatic rings. The molecule has 0 radical (unpaired) electrons. The molecule has 3 nitrogen and oxygen atoms in total. The van der Waals surface area contributed by atoms with E-state index in [1.807, 2.05) is 0 Å². The standard InChI is InChI=1S/C13H26N2O/c1-11(10-16-2)9-15-8-4-6-13(15)12-5-3-7-14-12/h11-14H,3-10H2,1-2H3. The zero-order valence-corrected chi connectivity index (χ0v) is 10.7. The lowest BCUT2D eigenvalue weighted by molar-refractivity contribution is 0.117. The third-order valence-electron chi connectivity index (χ3n) is 3.97. The minimum Gasteiger partial charge on any atom is -0.384 e. The van der Waals surface area contributed by atoms with Crippen LogP contribution < -0.4 is 5.32 Å². The van der Waals surface area contributed by atoms with Gasteiger partial charge in [-0.1, -0.05) is 6.92 Å². The fourth-order valence-electron chi connectivity index (χ4n) is 3.31. The van der Waals surface area contributed by atoms with Gasteiger partial charge in [-0.2, -0.15) is 0 Å². The Morgan fingerprint density at radius 3 is 2.94 bits per heavy atom. The molecule has 0 spiro atoms. The number of nitrogens with zero attached hydrogens (tertiary/aromatic N) is 1. The zero-order valence-electron chi connectivity index (χ0n) is 10.7. The molecule has 2 saturated heterocycles. The van der Waals surface area contributed by atoms with Crippen molar-refractivity contribution in [2.24, 2.45) is 5.92 Å². The minimum atomic E-state index is 0.659. The van der Waals surface area contributed by atoms with Crippen LogP contribution in [0.4, 0.5) is 0 Å². The third-order valence-corrected chi connectivity index (χ3v) is 3.97. The van der Waals surface area contributed by atoms with Gasteiger partial charge in [0.05, 0.1) is 0 Å². The van der Waals surface area contributed by atoms with Gasteiger partial charge in [-0.25, -0.2) is 0 Å². The molecule has 0 aromatic rings. The molecule has 3 heteroatoms. The molecule has 2 fully saturated rings. The Balaban J connectivity index is 1.82. The van der Waals surface area contributed by atoms with E-state index in [2.05, 4.69) is 17.1 Å².